The third-order valence-corrected chi connectivity index (χ3v) is 3.64. The lowest BCUT2D eigenvalue weighted by Crippen LogP contribution is -2.30. The van der Waals surface area contributed by atoms with E-state index in [9.17, 15) is 4.39 Å². The van der Waals surface area contributed by atoms with Gasteiger partial charge in [-0.3, -0.25) is 16.3 Å². The van der Waals surface area contributed by atoms with E-state index in [2.05, 4.69) is 26.3 Å². The summed E-state index contributed by atoms with van der Waals surface area (Å²) < 4.78 is 14.6. The highest BCUT2D eigenvalue weighted by Crippen LogP contribution is 2.22. The molecule has 0 saturated heterocycles. The molecule has 5 heteroatoms. The van der Waals surface area contributed by atoms with Gasteiger partial charge in [-0.2, -0.15) is 0 Å². The molecule has 1 atom stereocenters. The fourth-order valence-electron chi connectivity index (χ4n) is 2.25. The molecular weight excluding hydrogens is 321 g/mol. The summed E-state index contributed by atoms with van der Waals surface area (Å²) in [7, 11) is 0. The zero-order valence-corrected chi connectivity index (χ0v) is 13.0. The van der Waals surface area contributed by atoms with E-state index in [1.54, 1.807) is 6.07 Å². The standard InChI is InChI=1S/C15H17BrFN3/c1-9-5-12(6-10(2)19-9)15(20-18)7-11-3-4-13(16)8-14(11)17/h3-6,8,15,20H,7,18H2,1-2H3. The molecule has 0 bridgehead atoms. The summed E-state index contributed by atoms with van der Waals surface area (Å²) in [4.78, 5) is 4.34. The van der Waals surface area contributed by atoms with E-state index < -0.39 is 0 Å². The van der Waals surface area contributed by atoms with Crippen molar-refractivity contribution in [2.75, 3.05) is 0 Å². The average Bonchev–Trinajstić information content (AvgIpc) is 2.36. The number of aromatic nitrogens is 1. The normalized spacial score (nSPS) is 12.4. The molecule has 2 aromatic rings. The Morgan fingerprint density at radius 3 is 2.45 bits per heavy atom. The lowest BCUT2D eigenvalue weighted by molar-refractivity contribution is 0.528. The molecule has 1 unspecified atom stereocenters. The van der Waals surface area contributed by atoms with Crippen molar-refractivity contribution >= 4 is 15.9 Å². The maximum absolute atomic E-state index is 13.9. The number of nitrogens with zero attached hydrogens (tertiary/aromatic N) is 1. The summed E-state index contributed by atoms with van der Waals surface area (Å²) >= 11 is 3.25. The highest BCUT2D eigenvalue weighted by Gasteiger charge is 2.14. The van der Waals surface area contributed by atoms with Crippen LogP contribution in [0.5, 0.6) is 0 Å². The topological polar surface area (TPSA) is 50.9 Å². The van der Waals surface area contributed by atoms with Crippen molar-refractivity contribution in [3.8, 4) is 0 Å². The zero-order valence-electron chi connectivity index (χ0n) is 11.5. The molecule has 0 radical (unpaired) electrons. The van der Waals surface area contributed by atoms with E-state index in [4.69, 9.17) is 5.84 Å². The SMILES string of the molecule is Cc1cc(C(Cc2ccc(Br)cc2F)NN)cc(C)n1. The van der Waals surface area contributed by atoms with Crippen LogP contribution in [0.1, 0.15) is 28.6 Å². The van der Waals surface area contributed by atoms with Gasteiger partial charge in [-0.15, -0.1) is 0 Å². The third-order valence-electron chi connectivity index (χ3n) is 3.15. The van der Waals surface area contributed by atoms with Crippen molar-refractivity contribution in [1.82, 2.24) is 10.4 Å². The molecule has 106 valence electrons. The highest BCUT2D eigenvalue weighted by atomic mass is 79.9. The van der Waals surface area contributed by atoms with Crippen molar-refractivity contribution in [2.45, 2.75) is 26.3 Å². The highest BCUT2D eigenvalue weighted by molar-refractivity contribution is 9.10. The first-order chi connectivity index (χ1) is 9.49. The number of nitrogens with one attached hydrogen (secondary N) is 1. The van der Waals surface area contributed by atoms with E-state index in [0.717, 1.165) is 21.4 Å². The Morgan fingerprint density at radius 2 is 1.90 bits per heavy atom. The van der Waals surface area contributed by atoms with Crippen molar-refractivity contribution < 1.29 is 4.39 Å². The van der Waals surface area contributed by atoms with Gasteiger partial charge in [-0.05, 0) is 55.7 Å². The molecule has 0 amide bonds. The molecule has 0 aliphatic heterocycles. The fraction of sp³-hybridized carbons (Fsp3) is 0.267. The second-order valence-corrected chi connectivity index (χ2v) is 5.76. The van der Waals surface area contributed by atoms with Crippen molar-refractivity contribution in [3.63, 3.8) is 0 Å². The minimum Gasteiger partial charge on any atom is -0.271 e. The van der Waals surface area contributed by atoms with Gasteiger partial charge in [-0.1, -0.05) is 22.0 Å². The first kappa shape index (κ1) is 15.1. The molecule has 2 rings (SSSR count). The Hall–Kier alpha value is -1.30. The van der Waals surface area contributed by atoms with Crippen LogP contribution in [-0.4, -0.2) is 4.98 Å². The van der Waals surface area contributed by atoms with Crippen LogP contribution in [0, 0.1) is 19.7 Å². The minimum atomic E-state index is -0.234. The monoisotopic (exact) mass is 337 g/mol. The first-order valence-electron chi connectivity index (χ1n) is 6.35. The van der Waals surface area contributed by atoms with E-state index in [0.29, 0.717) is 12.0 Å². The average molecular weight is 338 g/mol. The van der Waals surface area contributed by atoms with Crippen LogP contribution in [0.2, 0.25) is 0 Å². The predicted molar refractivity (Wildman–Crippen MR) is 81.6 cm³/mol. The number of halogens is 2. The number of hydrogen-bond donors (Lipinski definition) is 2. The van der Waals surface area contributed by atoms with Gasteiger partial charge in [0, 0.05) is 15.9 Å². The van der Waals surface area contributed by atoms with E-state index in [-0.39, 0.29) is 11.9 Å². The van der Waals surface area contributed by atoms with Gasteiger partial charge in [0.1, 0.15) is 5.82 Å². The zero-order chi connectivity index (χ0) is 14.7. The minimum absolute atomic E-state index is 0.147. The number of pyridine rings is 1. The maximum atomic E-state index is 13.9. The van der Waals surface area contributed by atoms with E-state index >= 15 is 0 Å². The molecule has 20 heavy (non-hydrogen) atoms. The Labute approximate surface area is 126 Å². The first-order valence-corrected chi connectivity index (χ1v) is 7.14. The van der Waals surface area contributed by atoms with E-state index in [1.165, 1.54) is 6.07 Å². The number of hydrazine groups is 1. The number of rotatable bonds is 4. The van der Waals surface area contributed by atoms with Crippen LogP contribution in [0.3, 0.4) is 0 Å². The predicted octanol–water partition coefficient (Wildman–Crippen LogP) is 3.35. The second kappa shape index (κ2) is 6.43. The van der Waals surface area contributed by atoms with Gasteiger partial charge >= 0.3 is 0 Å². The second-order valence-electron chi connectivity index (χ2n) is 4.84. The number of benzene rings is 1. The van der Waals surface area contributed by atoms with Gasteiger partial charge in [0.2, 0.25) is 0 Å². The molecular formula is C15H17BrFN3. The summed E-state index contributed by atoms with van der Waals surface area (Å²) in [6, 6.07) is 8.85. The van der Waals surface area contributed by atoms with Crippen LogP contribution < -0.4 is 11.3 Å². The van der Waals surface area contributed by atoms with Crippen LogP contribution in [0.25, 0.3) is 0 Å². The molecule has 0 aliphatic carbocycles. The Morgan fingerprint density at radius 1 is 1.25 bits per heavy atom. The van der Waals surface area contributed by atoms with Crippen molar-refractivity contribution in [3.05, 3.63) is 63.1 Å². The maximum Gasteiger partial charge on any atom is 0.127 e. The van der Waals surface area contributed by atoms with Crippen molar-refractivity contribution in [1.29, 1.82) is 0 Å². The molecule has 1 heterocycles. The van der Waals surface area contributed by atoms with Gasteiger partial charge in [0.25, 0.3) is 0 Å². The molecule has 0 aliphatic rings. The Balaban J connectivity index is 2.28. The smallest absolute Gasteiger partial charge is 0.127 e. The third kappa shape index (κ3) is 3.62. The lowest BCUT2D eigenvalue weighted by atomic mass is 9.98. The van der Waals surface area contributed by atoms with Crippen LogP contribution >= 0.6 is 15.9 Å². The molecule has 3 nitrogen and oxygen atoms in total. The summed E-state index contributed by atoms with van der Waals surface area (Å²) in [5.74, 6) is 5.40. The summed E-state index contributed by atoms with van der Waals surface area (Å²) in [6.07, 6.45) is 0.485. The number of aryl methyl sites for hydroxylation is 2. The lowest BCUT2D eigenvalue weighted by Gasteiger charge is -2.18. The number of nitrogens with two attached hydrogens (primary N) is 1. The molecule has 0 fully saturated rings. The Bertz CT molecular complexity index is 596. The summed E-state index contributed by atoms with van der Waals surface area (Å²) in [5, 5.41) is 0. The molecule has 0 spiro atoms. The van der Waals surface area contributed by atoms with Gasteiger partial charge in [0.15, 0.2) is 0 Å². The van der Waals surface area contributed by atoms with Crippen LogP contribution in [-0.2, 0) is 6.42 Å². The van der Waals surface area contributed by atoms with Crippen molar-refractivity contribution in [2.24, 2.45) is 5.84 Å². The van der Waals surface area contributed by atoms with E-state index in [1.807, 2.05) is 32.0 Å². The summed E-state index contributed by atoms with van der Waals surface area (Å²) in [6.45, 7) is 3.87. The van der Waals surface area contributed by atoms with Gasteiger partial charge < -0.3 is 0 Å². The van der Waals surface area contributed by atoms with Gasteiger partial charge in [0.05, 0.1) is 6.04 Å². The fourth-order valence-corrected chi connectivity index (χ4v) is 2.58. The van der Waals surface area contributed by atoms with Crippen LogP contribution in [0.15, 0.2) is 34.8 Å². The van der Waals surface area contributed by atoms with Gasteiger partial charge in [-0.25, -0.2) is 4.39 Å². The molecule has 1 aromatic heterocycles. The quantitative estimate of drug-likeness (QED) is 0.664. The largest absolute Gasteiger partial charge is 0.271 e. The Kier molecular flexibility index (Phi) is 4.86. The molecule has 1 aromatic carbocycles. The van der Waals surface area contributed by atoms with Crippen LogP contribution in [0.4, 0.5) is 4.39 Å². The summed E-state index contributed by atoms with van der Waals surface area (Å²) in [5.41, 5.74) is 6.25. The molecule has 3 N–H and O–H groups in total. The number of hydrogen-bond acceptors (Lipinski definition) is 3. The molecule has 0 saturated carbocycles.